The van der Waals surface area contributed by atoms with E-state index in [2.05, 4.69) is 33.4 Å². The van der Waals surface area contributed by atoms with Gasteiger partial charge in [-0.05, 0) is 41.8 Å². The van der Waals surface area contributed by atoms with Crippen LogP contribution in [0.2, 0.25) is 0 Å². The van der Waals surface area contributed by atoms with Crippen LogP contribution in [0.3, 0.4) is 0 Å². The highest BCUT2D eigenvalue weighted by atomic mass is 19.1. The summed E-state index contributed by atoms with van der Waals surface area (Å²) in [6, 6.07) is 18.1. The van der Waals surface area contributed by atoms with Crippen LogP contribution in [0.1, 0.15) is 21.6 Å². The lowest BCUT2D eigenvalue weighted by Gasteiger charge is -2.30. The molecule has 0 aliphatic carbocycles. The molecule has 1 aliphatic rings. The molecule has 1 N–H and O–H groups in total. The molecule has 4 nitrogen and oxygen atoms in total. The van der Waals surface area contributed by atoms with Crippen LogP contribution in [-0.2, 0) is 13.0 Å². The van der Waals surface area contributed by atoms with E-state index in [-0.39, 0.29) is 11.4 Å². The second-order valence-electron chi connectivity index (χ2n) is 6.27. The molecule has 0 fully saturated rings. The second-order valence-corrected chi connectivity index (χ2v) is 6.27. The molecule has 0 bridgehead atoms. The number of nitrogens with one attached hydrogen (secondary N) is 1. The minimum atomic E-state index is -0.468. The predicted octanol–water partition coefficient (Wildman–Crippen LogP) is 4.04. The predicted molar refractivity (Wildman–Crippen MR) is 99.8 cm³/mol. The van der Waals surface area contributed by atoms with Gasteiger partial charge in [0.1, 0.15) is 11.5 Å². The Morgan fingerprint density at radius 1 is 1.04 bits per heavy atom. The molecule has 26 heavy (non-hydrogen) atoms. The number of rotatable bonds is 3. The molecule has 1 amide bonds. The summed E-state index contributed by atoms with van der Waals surface area (Å²) in [4.78, 5) is 18.8. The average molecular weight is 347 g/mol. The summed E-state index contributed by atoms with van der Waals surface area (Å²) in [6.07, 6.45) is 2.58. The maximum Gasteiger partial charge on any atom is 0.274 e. The number of hydrogen-bond acceptors (Lipinski definition) is 3. The molecule has 3 aromatic rings. The molecule has 130 valence electrons. The average Bonchev–Trinajstić information content (AvgIpc) is 2.69. The van der Waals surface area contributed by atoms with Gasteiger partial charge in [0.25, 0.3) is 5.91 Å². The lowest BCUT2D eigenvalue weighted by atomic mass is 9.99. The highest BCUT2D eigenvalue weighted by molar-refractivity contribution is 6.03. The van der Waals surface area contributed by atoms with Crippen molar-refractivity contribution in [1.29, 1.82) is 0 Å². The van der Waals surface area contributed by atoms with E-state index in [4.69, 9.17) is 0 Å². The maximum atomic E-state index is 13.7. The molecule has 0 atom stereocenters. The van der Waals surface area contributed by atoms with Crippen LogP contribution in [0.15, 0.2) is 66.9 Å². The fraction of sp³-hybridized carbons (Fsp3) is 0.143. The van der Waals surface area contributed by atoms with Gasteiger partial charge in [0.2, 0.25) is 0 Å². The SMILES string of the molecule is O=C(Nc1ccccc1F)c1cc(N2CCc3ccccc3C2)ccn1. The third-order valence-corrected chi connectivity index (χ3v) is 4.59. The Hall–Kier alpha value is -3.21. The molecule has 5 heteroatoms. The molecule has 4 rings (SSSR count). The van der Waals surface area contributed by atoms with Crippen molar-refractivity contribution in [2.24, 2.45) is 0 Å². The van der Waals surface area contributed by atoms with E-state index < -0.39 is 11.7 Å². The molecule has 1 aliphatic heterocycles. The first kappa shape index (κ1) is 16.3. The van der Waals surface area contributed by atoms with Crippen LogP contribution in [0.4, 0.5) is 15.8 Å². The number of fused-ring (bicyclic) bond motifs is 1. The Morgan fingerprint density at radius 3 is 2.65 bits per heavy atom. The Labute approximate surface area is 151 Å². The molecular weight excluding hydrogens is 329 g/mol. The smallest absolute Gasteiger partial charge is 0.274 e. The van der Waals surface area contributed by atoms with Crippen molar-refractivity contribution in [3.8, 4) is 0 Å². The van der Waals surface area contributed by atoms with Crippen LogP contribution < -0.4 is 10.2 Å². The van der Waals surface area contributed by atoms with Gasteiger partial charge >= 0.3 is 0 Å². The van der Waals surface area contributed by atoms with E-state index in [1.54, 1.807) is 24.4 Å². The third-order valence-electron chi connectivity index (χ3n) is 4.59. The fourth-order valence-electron chi connectivity index (χ4n) is 3.21. The van der Waals surface area contributed by atoms with Crippen LogP contribution >= 0.6 is 0 Å². The second kappa shape index (κ2) is 6.96. The van der Waals surface area contributed by atoms with Crippen LogP contribution in [0.25, 0.3) is 0 Å². The highest BCUT2D eigenvalue weighted by Gasteiger charge is 2.18. The van der Waals surface area contributed by atoms with Crippen molar-refractivity contribution < 1.29 is 9.18 Å². The van der Waals surface area contributed by atoms with Gasteiger partial charge in [-0.25, -0.2) is 4.39 Å². The van der Waals surface area contributed by atoms with E-state index in [9.17, 15) is 9.18 Å². The highest BCUT2D eigenvalue weighted by Crippen LogP contribution is 2.24. The number of hydrogen-bond donors (Lipinski definition) is 1. The summed E-state index contributed by atoms with van der Waals surface area (Å²) in [5.41, 5.74) is 4.03. The molecule has 0 unspecified atom stereocenters. The number of para-hydroxylation sites is 1. The van der Waals surface area contributed by atoms with E-state index in [1.807, 2.05) is 12.1 Å². The fourth-order valence-corrected chi connectivity index (χ4v) is 3.21. The van der Waals surface area contributed by atoms with Crippen LogP contribution in [0, 0.1) is 5.82 Å². The first-order valence-electron chi connectivity index (χ1n) is 8.54. The molecule has 2 heterocycles. The monoisotopic (exact) mass is 347 g/mol. The van der Waals surface area contributed by atoms with E-state index in [0.717, 1.165) is 25.2 Å². The summed E-state index contributed by atoms with van der Waals surface area (Å²) in [6.45, 7) is 1.68. The third kappa shape index (κ3) is 3.28. The van der Waals surface area contributed by atoms with Crippen molar-refractivity contribution in [2.45, 2.75) is 13.0 Å². The first-order chi connectivity index (χ1) is 12.7. The standard InChI is InChI=1S/C21H18FN3O/c22-18-7-3-4-8-19(18)24-21(26)20-13-17(9-11-23-20)25-12-10-15-5-1-2-6-16(15)14-25/h1-9,11,13H,10,12,14H2,(H,24,26). The molecule has 1 aromatic heterocycles. The lowest BCUT2D eigenvalue weighted by molar-refractivity contribution is 0.102. The first-order valence-corrected chi connectivity index (χ1v) is 8.54. The Balaban J connectivity index is 1.54. The van der Waals surface area contributed by atoms with Crippen molar-refractivity contribution in [3.63, 3.8) is 0 Å². The number of amides is 1. The van der Waals surface area contributed by atoms with E-state index in [0.29, 0.717) is 0 Å². The number of anilines is 2. The molecule has 0 radical (unpaired) electrons. The van der Waals surface area contributed by atoms with Crippen LogP contribution in [0.5, 0.6) is 0 Å². The number of pyridine rings is 1. The molecule has 0 spiro atoms. The molecule has 0 saturated carbocycles. The zero-order chi connectivity index (χ0) is 17.9. The molecule has 0 saturated heterocycles. The molecular formula is C21H18FN3O. The van der Waals surface area contributed by atoms with Crippen molar-refractivity contribution in [3.05, 3.63) is 89.5 Å². The minimum Gasteiger partial charge on any atom is -0.367 e. The summed E-state index contributed by atoms with van der Waals surface area (Å²) < 4.78 is 13.7. The number of carbonyl (C=O) groups is 1. The topological polar surface area (TPSA) is 45.2 Å². The van der Waals surface area contributed by atoms with Gasteiger partial charge in [0.05, 0.1) is 5.69 Å². The van der Waals surface area contributed by atoms with E-state index >= 15 is 0 Å². The van der Waals surface area contributed by atoms with Gasteiger partial charge in [-0.3, -0.25) is 9.78 Å². The number of benzene rings is 2. The summed E-state index contributed by atoms with van der Waals surface area (Å²) in [5.74, 6) is -0.890. The maximum absolute atomic E-state index is 13.7. The summed E-state index contributed by atoms with van der Waals surface area (Å²) in [5, 5.41) is 2.58. The minimum absolute atomic E-state index is 0.150. The normalized spacial score (nSPS) is 13.2. The Bertz CT molecular complexity index is 957. The van der Waals surface area contributed by atoms with Gasteiger partial charge in [0, 0.05) is 25.0 Å². The Morgan fingerprint density at radius 2 is 1.81 bits per heavy atom. The van der Waals surface area contributed by atoms with Gasteiger partial charge in [-0.15, -0.1) is 0 Å². The summed E-state index contributed by atoms with van der Waals surface area (Å²) >= 11 is 0. The number of nitrogens with zero attached hydrogens (tertiary/aromatic N) is 2. The lowest BCUT2D eigenvalue weighted by Crippen LogP contribution is -2.30. The van der Waals surface area contributed by atoms with E-state index in [1.165, 1.54) is 23.3 Å². The van der Waals surface area contributed by atoms with Gasteiger partial charge in [-0.2, -0.15) is 0 Å². The zero-order valence-corrected chi connectivity index (χ0v) is 14.2. The Kier molecular flexibility index (Phi) is 4.35. The number of carbonyl (C=O) groups excluding carboxylic acids is 1. The van der Waals surface area contributed by atoms with Crippen molar-refractivity contribution >= 4 is 17.3 Å². The summed E-state index contributed by atoms with van der Waals surface area (Å²) in [7, 11) is 0. The largest absolute Gasteiger partial charge is 0.367 e. The van der Waals surface area contributed by atoms with Crippen molar-refractivity contribution in [1.82, 2.24) is 4.98 Å². The number of aromatic nitrogens is 1. The quantitative estimate of drug-likeness (QED) is 0.778. The van der Waals surface area contributed by atoms with Gasteiger partial charge < -0.3 is 10.2 Å². The van der Waals surface area contributed by atoms with Crippen molar-refractivity contribution in [2.75, 3.05) is 16.8 Å². The van der Waals surface area contributed by atoms with Gasteiger partial charge in [0.15, 0.2) is 0 Å². The number of halogens is 1. The molecule has 2 aromatic carbocycles. The van der Waals surface area contributed by atoms with Crippen LogP contribution in [-0.4, -0.2) is 17.4 Å². The van der Waals surface area contributed by atoms with Gasteiger partial charge in [-0.1, -0.05) is 36.4 Å². The zero-order valence-electron chi connectivity index (χ0n) is 14.2.